The fourth-order valence-electron chi connectivity index (χ4n) is 5.89. The maximum Gasteiger partial charge on any atom is 0.306 e. The van der Waals surface area contributed by atoms with E-state index < -0.39 is 6.10 Å². The van der Waals surface area contributed by atoms with Crippen molar-refractivity contribution in [2.45, 2.75) is 194 Å². The third kappa shape index (κ3) is 46.7. The van der Waals surface area contributed by atoms with Gasteiger partial charge in [0, 0.05) is 19.3 Å². The van der Waals surface area contributed by atoms with Crippen LogP contribution in [0.5, 0.6) is 0 Å². The summed E-state index contributed by atoms with van der Waals surface area (Å²) in [7, 11) is 0. The Morgan fingerprint density at radius 3 is 1.13 bits per heavy atom. The van der Waals surface area contributed by atoms with E-state index in [0.717, 1.165) is 109 Å². The molecule has 0 fully saturated rings. The van der Waals surface area contributed by atoms with Gasteiger partial charge in [0.1, 0.15) is 13.2 Å². The van der Waals surface area contributed by atoms with E-state index in [2.05, 4.69) is 130 Å². The fourth-order valence-corrected chi connectivity index (χ4v) is 5.89. The summed E-state index contributed by atoms with van der Waals surface area (Å²) in [6, 6.07) is 0. The standard InChI is InChI=1S/C55H86O6/c1-4-7-10-13-16-19-22-25-27-30-33-36-39-42-45-48-54(57)60-51-52(50-59-53(56)47-44-41-38-35-32-29-24-21-18-15-12-9-6-3)61-55(58)49-46-43-40-37-34-31-28-26-23-20-17-14-11-8-5-2/h7,9-10,12,16-21,25-29,32-33,36,38,41,52H,4-6,8,11,13-15,22-24,30-31,34-35,37,39-40,42-51H2,1-3H3/b10-7-,12-9-,19-16-,20-17-,21-18-,27-25-,28-26-,32-29-,36-33-,41-38-. The normalized spacial score (nSPS) is 13.2. The van der Waals surface area contributed by atoms with E-state index in [-0.39, 0.29) is 50.4 Å². The van der Waals surface area contributed by atoms with Gasteiger partial charge in [-0.05, 0) is 116 Å². The quantitative estimate of drug-likeness (QED) is 0.0264. The zero-order valence-corrected chi connectivity index (χ0v) is 38.9. The molecule has 0 heterocycles. The molecule has 6 heteroatoms. The minimum atomic E-state index is -0.833. The lowest BCUT2D eigenvalue weighted by molar-refractivity contribution is -0.166. The molecular formula is C55H86O6. The molecule has 6 nitrogen and oxygen atoms in total. The summed E-state index contributed by atoms with van der Waals surface area (Å²) in [5.41, 5.74) is 0. The van der Waals surface area contributed by atoms with Gasteiger partial charge < -0.3 is 14.2 Å². The maximum absolute atomic E-state index is 12.8. The van der Waals surface area contributed by atoms with Crippen LogP contribution in [0, 0.1) is 0 Å². The SMILES string of the molecule is CC/C=C\C/C=C\C/C=C\C/C=C\CCCCC(=O)OCC(COC(=O)CC/C=C\C/C=C\C/C=C\C/C=C\CC)OC(=O)CCCCCCC/C=C\C/C=C\CCCCC. The van der Waals surface area contributed by atoms with E-state index in [1.807, 2.05) is 12.2 Å². The lowest BCUT2D eigenvalue weighted by Gasteiger charge is -2.18. The monoisotopic (exact) mass is 843 g/mol. The van der Waals surface area contributed by atoms with Crippen molar-refractivity contribution < 1.29 is 28.6 Å². The number of unbranched alkanes of at least 4 members (excludes halogenated alkanes) is 10. The molecule has 0 aliphatic carbocycles. The van der Waals surface area contributed by atoms with Crippen LogP contribution in [-0.4, -0.2) is 37.2 Å². The highest BCUT2D eigenvalue weighted by Gasteiger charge is 2.19. The zero-order valence-electron chi connectivity index (χ0n) is 38.9. The number of rotatable bonds is 41. The van der Waals surface area contributed by atoms with Crippen molar-refractivity contribution in [2.24, 2.45) is 0 Å². The highest BCUT2D eigenvalue weighted by molar-refractivity contribution is 5.71. The molecule has 0 saturated heterocycles. The summed E-state index contributed by atoms with van der Waals surface area (Å²) in [5.74, 6) is -1.08. The van der Waals surface area contributed by atoms with Crippen molar-refractivity contribution in [1.29, 1.82) is 0 Å². The van der Waals surface area contributed by atoms with Crippen LogP contribution in [0.15, 0.2) is 122 Å². The van der Waals surface area contributed by atoms with Gasteiger partial charge in [-0.3, -0.25) is 14.4 Å². The third-order valence-corrected chi connectivity index (χ3v) is 9.44. The molecule has 0 N–H and O–H groups in total. The summed E-state index contributed by atoms with van der Waals surface area (Å²) in [6.07, 6.45) is 66.2. The number of hydrogen-bond acceptors (Lipinski definition) is 6. The summed E-state index contributed by atoms with van der Waals surface area (Å²) < 4.78 is 16.6. The van der Waals surface area contributed by atoms with E-state index in [1.54, 1.807) is 0 Å². The highest BCUT2D eigenvalue weighted by Crippen LogP contribution is 2.11. The van der Waals surface area contributed by atoms with Crippen molar-refractivity contribution in [3.05, 3.63) is 122 Å². The molecule has 0 aromatic carbocycles. The Kier molecular flexibility index (Phi) is 45.1. The summed E-state index contributed by atoms with van der Waals surface area (Å²) in [4.78, 5) is 37.8. The number of esters is 3. The van der Waals surface area contributed by atoms with E-state index in [1.165, 1.54) is 25.7 Å². The first-order valence-corrected chi connectivity index (χ1v) is 24.0. The average molecular weight is 843 g/mol. The van der Waals surface area contributed by atoms with E-state index in [0.29, 0.717) is 12.8 Å². The van der Waals surface area contributed by atoms with Gasteiger partial charge in [0.2, 0.25) is 0 Å². The highest BCUT2D eigenvalue weighted by atomic mass is 16.6. The second kappa shape index (κ2) is 48.5. The number of ether oxygens (including phenoxy) is 3. The molecule has 0 spiro atoms. The van der Waals surface area contributed by atoms with Crippen LogP contribution in [0.25, 0.3) is 0 Å². The van der Waals surface area contributed by atoms with E-state index in [4.69, 9.17) is 14.2 Å². The molecule has 0 bridgehead atoms. The van der Waals surface area contributed by atoms with Crippen molar-refractivity contribution >= 4 is 17.9 Å². The zero-order chi connectivity index (χ0) is 44.4. The van der Waals surface area contributed by atoms with Gasteiger partial charge in [0.25, 0.3) is 0 Å². The Morgan fingerprint density at radius 1 is 0.344 bits per heavy atom. The first-order chi connectivity index (χ1) is 30.0. The Hall–Kier alpha value is -4.19. The minimum Gasteiger partial charge on any atom is -0.462 e. The third-order valence-electron chi connectivity index (χ3n) is 9.44. The Labute approximate surface area is 373 Å². The summed E-state index contributed by atoms with van der Waals surface area (Å²) in [6.45, 7) is 6.24. The van der Waals surface area contributed by atoms with E-state index >= 15 is 0 Å². The maximum atomic E-state index is 12.8. The van der Waals surface area contributed by atoms with Crippen LogP contribution in [0.1, 0.15) is 188 Å². The predicted octanol–water partition coefficient (Wildman–Crippen LogP) is 15.7. The molecule has 61 heavy (non-hydrogen) atoms. The van der Waals surface area contributed by atoms with Gasteiger partial charge >= 0.3 is 17.9 Å². The smallest absolute Gasteiger partial charge is 0.306 e. The molecular weight excluding hydrogens is 757 g/mol. The van der Waals surface area contributed by atoms with Crippen LogP contribution in [0.2, 0.25) is 0 Å². The van der Waals surface area contributed by atoms with Gasteiger partial charge in [-0.2, -0.15) is 0 Å². The van der Waals surface area contributed by atoms with Crippen molar-refractivity contribution in [3.63, 3.8) is 0 Å². The van der Waals surface area contributed by atoms with Gasteiger partial charge in [-0.15, -0.1) is 0 Å². The second-order valence-electron chi connectivity index (χ2n) is 15.2. The summed E-state index contributed by atoms with van der Waals surface area (Å²) in [5, 5.41) is 0. The first kappa shape index (κ1) is 56.8. The van der Waals surface area contributed by atoms with Crippen LogP contribution in [-0.2, 0) is 28.6 Å². The molecule has 0 amide bonds. The van der Waals surface area contributed by atoms with Crippen LogP contribution >= 0.6 is 0 Å². The Balaban J connectivity index is 4.60. The van der Waals surface area contributed by atoms with Crippen LogP contribution in [0.4, 0.5) is 0 Å². The van der Waals surface area contributed by atoms with Gasteiger partial charge in [0.15, 0.2) is 6.10 Å². The van der Waals surface area contributed by atoms with Crippen LogP contribution < -0.4 is 0 Å². The Morgan fingerprint density at radius 2 is 0.672 bits per heavy atom. The average Bonchev–Trinajstić information content (AvgIpc) is 3.26. The number of allylic oxidation sites excluding steroid dienone is 20. The largest absolute Gasteiger partial charge is 0.462 e. The molecule has 1 unspecified atom stereocenters. The van der Waals surface area contributed by atoms with E-state index in [9.17, 15) is 14.4 Å². The fraction of sp³-hybridized carbons (Fsp3) is 0.582. The van der Waals surface area contributed by atoms with Gasteiger partial charge in [-0.1, -0.05) is 174 Å². The van der Waals surface area contributed by atoms with Gasteiger partial charge in [-0.25, -0.2) is 0 Å². The Bertz CT molecular complexity index is 1340. The molecule has 0 aromatic rings. The lowest BCUT2D eigenvalue weighted by atomic mass is 10.1. The predicted molar refractivity (Wildman–Crippen MR) is 260 cm³/mol. The molecule has 0 aliphatic heterocycles. The number of carbonyl (C=O) groups excluding carboxylic acids is 3. The van der Waals surface area contributed by atoms with Crippen molar-refractivity contribution in [2.75, 3.05) is 13.2 Å². The van der Waals surface area contributed by atoms with Crippen molar-refractivity contribution in [1.82, 2.24) is 0 Å². The number of hydrogen-bond donors (Lipinski definition) is 0. The second-order valence-corrected chi connectivity index (χ2v) is 15.2. The molecule has 1 atom stereocenters. The van der Waals surface area contributed by atoms with Gasteiger partial charge in [0.05, 0.1) is 0 Å². The molecule has 342 valence electrons. The molecule has 0 radical (unpaired) electrons. The first-order valence-electron chi connectivity index (χ1n) is 24.0. The molecule has 0 rings (SSSR count). The lowest BCUT2D eigenvalue weighted by Crippen LogP contribution is -2.30. The number of carbonyl (C=O) groups is 3. The molecule has 0 saturated carbocycles. The molecule has 0 aromatic heterocycles. The van der Waals surface area contributed by atoms with Crippen LogP contribution in [0.3, 0.4) is 0 Å². The molecule has 0 aliphatic rings. The minimum absolute atomic E-state index is 0.131. The summed E-state index contributed by atoms with van der Waals surface area (Å²) >= 11 is 0. The topological polar surface area (TPSA) is 78.9 Å². The van der Waals surface area contributed by atoms with Crippen molar-refractivity contribution in [3.8, 4) is 0 Å².